The van der Waals surface area contributed by atoms with Crippen LogP contribution in [0.3, 0.4) is 0 Å². The summed E-state index contributed by atoms with van der Waals surface area (Å²) in [5, 5.41) is 12.8. The van der Waals surface area contributed by atoms with E-state index in [1.807, 2.05) is 0 Å². The number of aromatic nitrogens is 6. The van der Waals surface area contributed by atoms with Crippen molar-refractivity contribution in [1.29, 1.82) is 0 Å². The van der Waals surface area contributed by atoms with E-state index in [9.17, 15) is 0 Å². The van der Waals surface area contributed by atoms with Gasteiger partial charge >= 0.3 is 0 Å². The first kappa shape index (κ1) is 7.87. The molecule has 68 valence electrons. The largest absolute Gasteiger partial charge is 0.313 e. The highest BCUT2D eigenvalue weighted by molar-refractivity contribution is 5.14. The zero-order valence-electron chi connectivity index (χ0n) is 7.02. The molecule has 2 heterocycles. The van der Waals surface area contributed by atoms with Crippen LogP contribution in [0.4, 0.5) is 0 Å². The number of nitrogens with zero attached hydrogens (tertiary/aromatic N) is 4. The van der Waals surface area contributed by atoms with Crippen LogP contribution < -0.4 is 5.73 Å². The standard InChI is InChI=1S/C6H9N7/c1-6(7,4-8-2-10-12-4)5-9-3-11-13-5/h2-3H,7H2,1H3,(H,8,10,12)(H,9,11,13). The topological polar surface area (TPSA) is 109 Å². The molecule has 0 saturated heterocycles. The number of hydrogen-bond donors (Lipinski definition) is 3. The molecule has 7 nitrogen and oxygen atoms in total. The molecule has 0 aliphatic heterocycles. The lowest BCUT2D eigenvalue weighted by molar-refractivity contribution is 0.525. The second-order valence-electron chi connectivity index (χ2n) is 2.87. The van der Waals surface area contributed by atoms with Crippen molar-refractivity contribution in [3.8, 4) is 0 Å². The lowest BCUT2D eigenvalue weighted by Gasteiger charge is -2.17. The minimum Gasteiger partial charge on any atom is -0.313 e. The molecule has 7 heteroatoms. The molecule has 0 aliphatic rings. The third kappa shape index (κ3) is 1.18. The quantitative estimate of drug-likeness (QED) is 0.556. The van der Waals surface area contributed by atoms with Gasteiger partial charge in [-0.2, -0.15) is 10.2 Å². The summed E-state index contributed by atoms with van der Waals surface area (Å²) in [4.78, 5) is 7.93. The lowest BCUT2D eigenvalue weighted by atomic mass is 10.0. The Bertz CT molecular complexity index is 323. The molecule has 2 aromatic heterocycles. The van der Waals surface area contributed by atoms with Gasteiger partial charge < -0.3 is 5.73 Å². The average molecular weight is 179 g/mol. The number of nitrogens with one attached hydrogen (secondary N) is 2. The van der Waals surface area contributed by atoms with Gasteiger partial charge in [0.15, 0.2) is 11.6 Å². The highest BCUT2D eigenvalue weighted by Gasteiger charge is 2.29. The number of H-pyrrole nitrogens is 2. The fraction of sp³-hybridized carbons (Fsp3) is 0.333. The first-order valence-electron chi connectivity index (χ1n) is 3.72. The Labute approximate surface area is 73.8 Å². The third-order valence-corrected chi connectivity index (χ3v) is 1.81. The maximum absolute atomic E-state index is 5.98. The summed E-state index contributed by atoms with van der Waals surface area (Å²) in [6.45, 7) is 1.77. The van der Waals surface area contributed by atoms with Gasteiger partial charge in [0, 0.05) is 0 Å². The summed E-state index contributed by atoms with van der Waals surface area (Å²) in [5.74, 6) is 1.09. The van der Waals surface area contributed by atoms with Crippen molar-refractivity contribution in [1.82, 2.24) is 30.4 Å². The van der Waals surface area contributed by atoms with Gasteiger partial charge in [-0.05, 0) is 6.92 Å². The number of hydrogen-bond acceptors (Lipinski definition) is 5. The Balaban J connectivity index is 2.42. The van der Waals surface area contributed by atoms with Gasteiger partial charge in [-0.1, -0.05) is 0 Å². The van der Waals surface area contributed by atoms with Crippen molar-refractivity contribution >= 4 is 0 Å². The molecule has 13 heavy (non-hydrogen) atoms. The molecule has 0 radical (unpaired) electrons. The van der Waals surface area contributed by atoms with Crippen molar-refractivity contribution in [3.05, 3.63) is 24.3 Å². The van der Waals surface area contributed by atoms with Crippen LogP contribution in [0.25, 0.3) is 0 Å². The Morgan fingerprint density at radius 3 is 1.92 bits per heavy atom. The van der Waals surface area contributed by atoms with E-state index < -0.39 is 5.54 Å². The molecule has 0 amide bonds. The Kier molecular flexibility index (Phi) is 1.59. The Hall–Kier alpha value is -1.76. The number of nitrogens with two attached hydrogens (primary N) is 1. The predicted octanol–water partition coefficient (Wildman–Crippen LogP) is -0.855. The Morgan fingerprint density at radius 1 is 1.15 bits per heavy atom. The summed E-state index contributed by atoms with van der Waals surface area (Å²) >= 11 is 0. The maximum Gasteiger partial charge on any atom is 0.151 e. The van der Waals surface area contributed by atoms with Gasteiger partial charge in [-0.3, -0.25) is 10.2 Å². The molecule has 2 aromatic rings. The van der Waals surface area contributed by atoms with Crippen molar-refractivity contribution in [3.63, 3.8) is 0 Å². The average Bonchev–Trinajstić information content (AvgIpc) is 2.78. The molecule has 0 bridgehead atoms. The summed E-state index contributed by atoms with van der Waals surface area (Å²) in [5.41, 5.74) is 5.17. The van der Waals surface area contributed by atoms with E-state index in [1.165, 1.54) is 12.7 Å². The van der Waals surface area contributed by atoms with E-state index in [2.05, 4.69) is 30.4 Å². The fourth-order valence-corrected chi connectivity index (χ4v) is 1.02. The van der Waals surface area contributed by atoms with Crippen molar-refractivity contribution in [2.75, 3.05) is 0 Å². The van der Waals surface area contributed by atoms with Crippen LogP contribution in [0, 0.1) is 0 Å². The normalized spacial score (nSPS) is 11.8. The van der Waals surface area contributed by atoms with Crippen LogP contribution >= 0.6 is 0 Å². The number of rotatable bonds is 2. The fourth-order valence-electron chi connectivity index (χ4n) is 1.02. The first-order chi connectivity index (χ1) is 6.21. The van der Waals surface area contributed by atoms with E-state index in [-0.39, 0.29) is 0 Å². The van der Waals surface area contributed by atoms with Crippen molar-refractivity contribution in [2.24, 2.45) is 5.73 Å². The highest BCUT2D eigenvalue weighted by atomic mass is 15.3. The summed E-state index contributed by atoms with van der Waals surface area (Å²) < 4.78 is 0. The molecule has 2 rings (SSSR count). The van der Waals surface area contributed by atoms with Crippen LogP contribution in [-0.4, -0.2) is 30.4 Å². The minimum atomic E-state index is -0.812. The van der Waals surface area contributed by atoms with E-state index in [0.717, 1.165) is 0 Å². The second-order valence-corrected chi connectivity index (χ2v) is 2.87. The van der Waals surface area contributed by atoms with Gasteiger partial charge in [-0.15, -0.1) is 0 Å². The highest BCUT2D eigenvalue weighted by Crippen LogP contribution is 2.17. The maximum atomic E-state index is 5.98. The van der Waals surface area contributed by atoms with Crippen LogP contribution in [0.15, 0.2) is 12.7 Å². The van der Waals surface area contributed by atoms with Crippen LogP contribution in [0.5, 0.6) is 0 Å². The first-order valence-corrected chi connectivity index (χ1v) is 3.72. The van der Waals surface area contributed by atoms with Crippen LogP contribution in [0.2, 0.25) is 0 Å². The van der Waals surface area contributed by atoms with Crippen LogP contribution in [-0.2, 0) is 5.54 Å². The van der Waals surface area contributed by atoms with Crippen molar-refractivity contribution < 1.29 is 0 Å². The van der Waals surface area contributed by atoms with Gasteiger partial charge in [0.1, 0.15) is 18.2 Å². The van der Waals surface area contributed by atoms with Gasteiger partial charge in [0.2, 0.25) is 0 Å². The zero-order valence-corrected chi connectivity index (χ0v) is 7.02. The molecule has 0 aliphatic carbocycles. The molecule has 0 atom stereocenters. The van der Waals surface area contributed by atoms with Gasteiger partial charge in [-0.25, -0.2) is 9.97 Å². The smallest absolute Gasteiger partial charge is 0.151 e. The second kappa shape index (κ2) is 2.63. The van der Waals surface area contributed by atoms with Gasteiger partial charge in [0.25, 0.3) is 0 Å². The van der Waals surface area contributed by atoms with E-state index in [4.69, 9.17) is 5.73 Å². The molecule has 4 N–H and O–H groups in total. The minimum absolute atomic E-state index is 0.546. The SMILES string of the molecule is CC(N)(c1ncn[nH]1)c1ncn[nH]1. The molecular formula is C6H9N7. The zero-order chi connectivity index (χ0) is 9.31. The number of aromatic amines is 2. The summed E-state index contributed by atoms with van der Waals surface area (Å²) in [6.07, 6.45) is 2.80. The third-order valence-electron chi connectivity index (χ3n) is 1.81. The van der Waals surface area contributed by atoms with E-state index in [1.54, 1.807) is 6.92 Å². The van der Waals surface area contributed by atoms with E-state index >= 15 is 0 Å². The molecule has 0 spiro atoms. The lowest BCUT2D eigenvalue weighted by Crippen LogP contribution is -2.37. The predicted molar refractivity (Wildman–Crippen MR) is 43.4 cm³/mol. The molecule has 0 saturated carbocycles. The summed E-state index contributed by atoms with van der Waals surface area (Å²) in [7, 11) is 0. The van der Waals surface area contributed by atoms with Crippen molar-refractivity contribution in [2.45, 2.75) is 12.5 Å². The molecule has 0 unspecified atom stereocenters. The Morgan fingerprint density at radius 2 is 1.62 bits per heavy atom. The molecular weight excluding hydrogens is 170 g/mol. The molecule has 0 aromatic carbocycles. The van der Waals surface area contributed by atoms with E-state index in [0.29, 0.717) is 11.6 Å². The monoisotopic (exact) mass is 179 g/mol. The summed E-state index contributed by atoms with van der Waals surface area (Å²) in [6, 6.07) is 0. The molecule has 0 fully saturated rings. The van der Waals surface area contributed by atoms with Crippen LogP contribution in [0.1, 0.15) is 18.6 Å². The van der Waals surface area contributed by atoms with Gasteiger partial charge in [0.05, 0.1) is 0 Å².